The summed E-state index contributed by atoms with van der Waals surface area (Å²) in [7, 11) is -2.26. The van der Waals surface area contributed by atoms with Gasteiger partial charge in [-0.3, -0.25) is 13.9 Å². The Hall–Kier alpha value is -2.36. The first kappa shape index (κ1) is 26.9. The molecule has 0 aliphatic rings. The Bertz CT molecular complexity index is 1110. The summed E-state index contributed by atoms with van der Waals surface area (Å²) in [6, 6.07) is 9.61. The minimum absolute atomic E-state index is 0.0352. The first-order chi connectivity index (χ1) is 15.5. The van der Waals surface area contributed by atoms with E-state index in [0.717, 1.165) is 10.6 Å². The van der Waals surface area contributed by atoms with Gasteiger partial charge in [-0.05, 0) is 37.6 Å². The van der Waals surface area contributed by atoms with E-state index in [1.54, 1.807) is 19.1 Å². The normalized spacial score (nSPS) is 12.2. The topological polar surface area (TPSA) is 86.8 Å². The first-order valence-corrected chi connectivity index (χ1v) is 12.7. The summed E-state index contributed by atoms with van der Waals surface area (Å²) in [4.78, 5) is 26.5. The zero-order valence-corrected chi connectivity index (χ0v) is 20.8. The van der Waals surface area contributed by atoms with Crippen molar-refractivity contribution in [3.05, 3.63) is 63.9 Å². The van der Waals surface area contributed by atoms with Gasteiger partial charge in [-0.25, -0.2) is 12.8 Å². The summed E-state index contributed by atoms with van der Waals surface area (Å²) < 4.78 is 40.0. The first-order valence-electron chi connectivity index (χ1n) is 10.1. The quantitative estimate of drug-likeness (QED) is 0.518. The third kappa shape index (κ3) is 7.31. The lowest BCUT2D eigenvalue weighted by molar-refractivity contribution is -0.140. The molecule has 180 valence electrons. The molecule has 1 unspecified atom stereocenters. The van der Waals surface area contributed by atoms with Crippen LogP contribution in [-0.2, 0) is 26.2 Å². The van der Waals surface area contributed by atoms with Crippen molar-refractivity contribution in [1.82, 2.24) is 10.2 Å². The second kappa shape index (κ2) is 11.7. The fourth-order valence-corrected chi connectivity index (χ4v) is 4.67. The van der Waals surface area contributed by atoms with Crippen molar-refractivity contribution in [1.29, 1.82) is 0 Å². The van der Waals surface area contributed by atoms with Gasteiger partial charge in [-0.15, -0.1) is 0 Å². The highest BCUT2D eigenvalue weighted by atomic mass is 35.5. The van der Waals surface area contributed by atoms with Crippen molar-refractivity contribution >= 4 is 50.7 Å². The molecule has 0 fully saturated rings. The molecular formula is C22H26Cl2FN3O4S. The molecule has 0 aromatic heterocycles. The average Bonchev–Trinajstić information content (AvgIpc) is 2.76. The number of carbonyl (C=O) groups is 2. The number of carbonyl (C=O) groups excluding carboxylic acids is 2. The number of amides is 2. The number of benzene rings is 2. The number of nitrogens with one attached hydrogen (secondary N) is 1. The lowest BCUT2D eigenvalue weighted by Crippen LogP contribution is -2.47. The molecule has 0 spiro atoms. The number of hydrogen-bond donors (Lipinski definition) is 1. The zero-order valence-electron chi connectivity index (χ0n) is 18.5. The predicted octanol–water partition coefficient (Wildman–Crippen LogP) is 3.84. The van der Waals surface area contributed by atoms with Crippen LogP contribution in [0.4, 0.5) is 10.1 Å². The van der Waals surface area contributed by atoms with Gasteiger partial charge in [0.2, 0.25) is 21.8 Å². The number of anilines is 1. The number of sulfonamides is 1. The standard InChI is InChI=1S/C22H26Cl2FN3O4S/c1-15(22(30)26-2)27(14-16-7-4-5-8-19(16)25)21(29)9-6-12-28(33(3,31)32)20-13-17(23)10-11-18(20)24/h4-5,7-8,10-11,13,15H,6,9,12,14H2,1-3H3,(H,26,30). The highest BCUT2D eigenvalue weighted by Crippen LogP contribution is 2.31. The van der Waals surface area contributed by atoms with Crippen molar-refractivity contribution in [3.8, 4) is 0 Å². The van der Waals surface area contributed by atoms with Gasteiger partial charge in [-0.1, -0.05) is 41.4 Å². The molecule has 2 rings (SSSR count). The fraction of sp³-hybridized carbons (Fsp3) is 0.364. The summed E-state index contributed by atoms with van der Waals surface area (Å²) >= 11 is 12.2. The Kier molecular flexibility index (Phi) is 9.51. The molecule has 1 atom stereocenters. The monoisotopic (exact) mass is 517 g/mol. The Morgan fingerprint density at radius 1 is 1.15 bits per heavy atom. The van der Waals surface area contributed by atoms with Crippen molar-refractivity contribution in [3.63, 3.8) is 0 Å². The fourth-order valence-electron chi connectivity index (χ4n) is 3.26. The molecule has 0 aliphatic carbocycles. The van der Waals surface area contributed by atoms with Gasteiger partial charge in [0.15, 0.2) is 0 Å². The SMILES string of the molecule is CNC(=O)C(C)N(Cc1ccccc1F)C(=O)CCCN(c1cc(Cl)ccc1Cl)S(C)(=O)=O. The average molecular weight is 518 g/mol. The Balaban J connectivity index is 2.19. The highest BCUT2D eigenvalue weighted by Gasteiger charge is 2.27. The molecule has 0 saturated heterocycles. The zero-order chi connectivity index (χ0) is 24.8. The Labute approximate surface area is 203 Å². The van der Waals surface area contributed by atoms with Crippen molar-refractivity contribution in [2.75, 3.05) is 24.2 Å². The van der Waals surface area contributed by atoms with E-state index >= 15 is 0 Å². The van der Waals surface area contributed by atoms with E-state index in [-0.39, 0.29) is 42.2 Å². The summed E-state index contributed by atoms with van der Waals surface area (Å²) in [5, 5.41) is 3.00. The van der Waals surface area contributed by atoms with Gasteiger partial charge < -0.3 is 10.2 Å². The minimum Gasteiger partial charge on any atom is -0.357 e. The molecule has 11 heteroatoms. The van der Waals surface area contributed by atoms with E-state index in [1.807, 2.05) is 0 Å². The maximum atomic E-state index is 14.2. The molecule has 0 bridgehead atoms. The summed E-state index contributed by atoms with van der Waals surface area (Å²) in [5.74, 6) is -1.30. The van der Waals surface area contributed by atoms with Crippen LogP contribution >= 0.6 is 23.2 Å². The Morgan fingerprint density at radius 2 is 1.82 bits per heavy atom. The third-order valence-corrected chi connectivity index (χ3v) is 6.78. The van der Waals surface area contributed by atoms with Crippen LogP contribution in [-0.4, -0.2) is 51.0 Å². The van der Waals surface area contributed by atoms with Crippen LogP contribution in [0.3, 0.4) is 0 Å². The van der Waals surface area contributed by atoms with Gasteiger partial charge in [-0.2, -0.15) is 0 Å². The number of hydrogen-bond acceptors (Lipinski definition) is 4. The van der Waals surface area contributed by atoms with Crippen molar-refractivity contribution in [2.45, 2.75) is 32.4 Å². The van der Waals surface area contributed by atoms with E-state index in [0.29, 0.717) is 5.02 Å². The van der Waals surface area contributed by atoms with Gasteiger partial charge in [0.25, 0.3) is 0 Å². The third-order valence-electron chi connectivity index (χ3n) is 5.04. The lowest BCUT2D eigenvalue weighted by atomic mass is 10.1. The molecule has 2 aromatic rings. The molecule has 0 radical (unpaired) electrons. The molecule has 2 aromatic carbocycles. The smallest absolute Gasteiger partial charge is 0.242 e. The second-order valence-electron chi connectivity index (χ2n) is 7.44. The van der Waals surface area contributed by atoms with E-state index in [1.165, 1.54) is 42.3 Å². The number of rotatable bonds is 10. The van der Waals surface area contributed by atoms with Gasteiger partial charge >= 0.3 is 0 Å². The van der Waals surface area contributed by atoms with E-state index in [9.17, 15) is 22.4 Å². The molecular weight excluding hydrogens is 492 g/mol. The maximum absolute atomic E-state index is 14.2. The van der Waals surface area contributed by atoms with Gasteiger partial charge in [0, 0.05) is 37.1 Å². The van der Waals surface area contributed by atoms with Crippen molar-refractivity contribution in [2.24, 2.45) is 0 Å². The molecule has 33 heavy (non-hydrogen) atoms. The number of nitrogens with zero attached hydrogens (tertiary/aromatic N) is 2. The Morgan fingerprint density at radius 3 is 2.42 bits per heavy atom. The minimum atomic E-state index is -3.71. The van der Waals surface area contributed by atoms with Crippen LogP contribution in [0, 0.1) is 5.82 Å². The van der Waals surface area contributed by atoms with Crippen LogP contribution < -0.4 is 9.62 Å². The van der Waals surface area contributed by atoms with Crippen LogP contribution in [0.2, 0.25) is 10.0 Å². The molecule has 0 aliphatic heterocycles. The molecule has 0 saturated carbocycles. The second-order valence-corrected chi connectivity index (χ2v) is 10.2. The number of likely N-dealkylation sites (N-methyl/N-ethyl adjacent to an activating group) is 1. The molecule has 1 N–H and O–H groups in total. The van der Waals surface area contributed by atoms with E-state index in [4.69, 9.17) is 23.2 Å². The molecule has 0 heterocycles. The summed E-state index contributed by atoms with van der Waals surface area (Å²) in [5.41, 5.74) is 0.478. The van der Waals surface area contributed by atoms with E-state index in [2.05, 4.69) is 5.32 Å². The largest absolute Gasteiger partial charge is 0.357 e. The predicted molar refractivity (Wildman–Crippen MR) is 128 cm³/mol. The lowest BCUT2D eigenvalue weighted by Gasteiger charge is -2.29. The molecule has 7 nitrogen and oxygen atoms in total. The van der Waals surface area contributed by atoms with Crippen molar-refractivity contribution < 1.29 is 22.4 Å². The number of halogens is 3. The highest BCUT2D eigenvalue weighted by molar-refractivity contribution is 7.92. The maximum Gasteiger partial charge on any atom is 0.242 e. The summed E-state index contributed by atoms with van der Waals surface area (Å²) in [6.45, 7) is 1.41. The van der Waals surface area contributed by atoms with Gasteiger partial charge in [0.05, 0.1) is 17.0 Å². The van der Waals surface area contributed by atoms with Gasteiger partial charge in [0.1, 0.15) is 11.9 Å². The van der Waals surface area contributed by atoms with Crippen LogP contribution in [0.15, 0.2) is 42.5 Å². The van der Waals surface area contributed by atoms with Crippen LogP contribution in [0.5, 0.6) is 0 Å². The van der Waals surface area contributed by atoms with Crippen LogP contribution in [0.1, 0.15) is 25.3 Å². The van der Waals surface area contributed by atoms with Crippen LogP contribution in [0.25, 0.3) is 0 Å². The molecule has 2 amide bonds. The van der Waals surface area contributed by atoms with E-state index < -0.39 is 33.7 Å². The summed E-state index contributed by atoms with van der Waals surface area (Å²) in [6.07, 6.45) is 1.10.